The highest BCUT2D eigenvalue weighted by molar-refractivity contribution is 7.92. The van der Waals surface area contributed by atoms with Gasteiger partial charge in [0, 0.05) is 5.02 Å². The van der Waals surface area contributed by atoms with Crippen molar-refractivity contribution < 1.29 is 22.7 Å². The van der Waals surface area contributed by atoms with Crippen LogP contribution in [-0.2, 0) is 14.8 Å². The Morgan fingerprint density at radius 3 is 2.53 bits per heavy atom. The van der Waals surface area contributed by atoms with E-state index in [2.05, 4.69) is 10.5 Å². The first kappa shape index (κ1) is 25.1. The lowest BCUT2D eigenvalue weighted by Gasteiger charge is -2.25. The van der Waals surface area contributed by atoms with Gasteiger partial charge >= 0.3 is 0 Å². The lowest BCUT2D eigenvalue weighted by molar-refractivity contribution is -0.119. The first-order valence-corrected chi connectivity index (χ1v) is 12.1. The van der Waals surface area contributed by atoms with Crippen molar-refractivity contribution in [2.45, 2.75) is 11.8 Å². The topological polar surface area (TPSA) is 97.3 Å². The van der Waals surface area contributed by atoms with E-state index in [-0.39, 0.29) is 10.6 Å². The minimum atomic E-state index is -4.13. The van der Waals surface area contributed by atoms with Gasteiger partial charge in [0.15, 0.2) is 0 Å². The van der Waals surface area contributed by atoms with Crippen LogP contribution in [0.3, 0.4) is 0 Å². The maximum atomic E-state index is 13.5. The van der Waals surface area contributed by atoms with Gasteiger partial charge in [0.1, 0.15) is 18.0 Å². The van der Waals surface area contributed by atoms with Crippen molar-refractivity contribution >= 4 is 39.4 Å². The number of carbonyl (C=O) groups excluding carboxylic acids is 1. The van der Waals surface area contributed by atoms with Crippen LogP contribution in [-0.4, -0.2) is 40.8 Å². The van der Waals surface area contributed by atoms with Crippen LogP contribution < -0.4 is 19.2 Å². The molecule has 3 aromatic carbocycles. The summed E-state index contributed by atoms with van der Waals surface area (Å²) in [6, 6.07) is 19.4. The normalized spacial score (nSPS) is 11.3. The van der Waals surface area contributed by atoms with Crippen LogP contribution in [0.4, 0.5) is 5.69 Å². The summed E-state index contributed by atoms with van der Waals surface area (Å²) in [7, 11) is -2.58. The predicted octanol–water partition coefficient (Wildman–Crippen LogP) is 4.09. The Kier molecular flexibility index (Phi) is 8.50. The molecule has 1 amide bonds. The SMILES string of the molecule is CCOc1ccccc1N(CC(=O)N/N=C\c1cccc(OC)c1)S(=O)(=O)c1ccc(Cl)cc1. The van der Waals surface area contributed by atoms with E-state index in [1.165, 1.54) is 30.5 Å². The Bertz CT molecular complexity index is 1260. The van der Waals surface area contributed by atoms with Crippen molar-refractivity contribution in [3.63, 3.8) is 0 Å². The number of methoxy groups -OCH3 is 1. The van der Waals surface area contributed by atoms with Gasteiger partial charge in [0.2, 0.25) is 0 Å². The average molecular weight is 502 g/mol. The van der Waals surface area contributed by atoms with Gasteiger partial charge in [0.25, 0.3) is 15.9 Å². The average Bonchev–Trinajstić information content (AvgIpc) is 2.83. The lowest BCUT2D eigenvalue weighted by Crippen LogP contribution is -2.39. The van der Waals surface area contributed by atoms with Gasteiger partial charge in [-0.3, -0.25) is 9.10 Å². The Balaban J connectivity index is 1.89. The molecule has 0 unspecified atom stereocenters. The number of nitrogens with one attached hydrogen (secondary N) is 1. The van der Waals surface area contributed by atoms with E-state index < -0.39 is 22.5 Å². The standard InChI is InChI=1S/C24H24ClN3O5S/c1-3-33-23-10-5-4-9-22(23)28(34(30,31)21-13-11-19(25)12-14-21)17-24(29)27-26-16-18-7-6-8-20(15-18)32-2/h4-16H,3,17H2,1-2H3,(H,27,29)/b26-16-. The molecule has 0 bridgehead atoms. The number of benzene rings is 3. The highest BCUT2D eigenvalue weighted by Gasteiger charge is 2.29. The number of carbonyl (C=O) groups is 1. The third-order valence-corrected chi connectivity index (χ3v) is 6.65. The van der Waals surface area contributed by atoms with E-state index in [0.717, 1.165) is 4.31 Å². The van der Waals surface area contributed by atoms with Gasteiger partial charge in [-0.1, -0.05) is 35.9 Å². The summed E-state index contributed by atoms with van der Waals surface area (Å²) in [6.07, 6.45) is 1.44. The summed E-state index contributed by atoms with van der Waals surface area (Å²) in [5.74, 6) is 0.334. The van der Waals surface area contributed by atoms with Crippen LogP contribution in [0.25, 0.3) is 0 Å². The molecule has 0 radical (unpaired) electrons. The zero-order chi connectivity index (χ0) is 24.6. The second kappa shape index (κ2) is 11.5. The number of hydrogen-bond acceptors (Lipinski definition) is 6. The van der Waals surface area contributed by atoms with E-state index in [4.69, 9.17) is 21.1 Å². The molecule has 0 atom stereocenters. The Morgan fingerprint density at radius 1 is 1.09 bits per heavy atom. The second-order valence-corrected chi connectivity index (χ2v) is 9.23. The van der Waals surface area contributed by atoms with Gasteiger partial charge in [-0.25, -0.2) is 13.8 Å². The molecule has 34 heavy (non-hydrogen) atoms. The monoisotopic (exact) mass is 501 g/mol. The third kappa shape index (κ3) is 6.27. The van der Waals surface area contributed by atoms with E-state index in [1.54, 1.807) is 62.6 Å². The number of halogens is 1. The van der Waals surface area contributed by atoms with Crippen LogP contribution in [0, 0.1) is 0 Å². The molecular formula is C24H24ClN3O5S. The number of hydrazone groups is 1. The van der Waals surface area contributed by atoms with Crippen molar-refractivity contribution in [2.24, 2.45) is 5.10 Å². The molecule has 0 saturated carbocycles. The number of rotatable bonds is 10. The maximum absolute atomic E-state index is 13.5. The largest absolute Gasteiger partial charge is 0.497 e. The zero-order valence-corrected chi connectivity index (χ0v) is 20.2. The molecule has 0 aliphatic heterocycles. The first-order valence-electron chi connectivity index (χ1n) is 10.3. The van der Waals surface area contributed by atoms with Crippen LogP contribution in [0.2, 0.25) is 5.02 Å². The van der Waals surface area contributed by atoms with Gasteiger partial charge in [0.05, 0.1) is 30.5 Å². The van der Waals surface area contributed by atoms with E-state index >= 15 is 0 Å². The molecule has 3 rings (SSSR count). The third-order valence-electron chi connectivity index (χ3n) is 4.62. The number of sulfonamides is 1. The smallest absolute Gasteiger partial charge is 0.264 e. The molecule has 0 aliphatic carbocycles. The van der Waals surface area contributed by atoms with Gasteiger partial charge in [-0.2, -0.15) is 5.10 Å². The fourth-order valence-electron chi connectivity index (χ4n) is 3.04. The summed E-state index contributed by atoms with van der Waals surface area (Å²) in [6.45, 7) is 1.59. The second-order valence-electron chi connectivity index (χ2n) is 6.94. The number of anilines is 1. The highest BCUT2D eigenvalue weighted by atomic mass is 35.5. The van der Waals surface area contributed by atoms with Crippen LogP contribution in [0.15, 0.2) is 82.8 Å². The lowest BCUT2D eigenvalue weighted by atomic mass is 10.2. The minimum absolute atomic E-state index is 0.0177. The first-order chi connectivity index (χ1) is 16.3. The van der Waals surface area contributed by atoms with Crippen LogP contribution >= 0.6 is 11.6 Å². The molecule has 3 aromatic rings. The van der Waals surface area contributed by atoms with Gasteiger partial charge in [-0.05, 0) is 61.0 Å². The minimum Gasteiger partial charge on any atom is -0.497 e. The van der Waals surface area contributed by atoms with Crippen molar-refractivity contribution in [1.29, 1.82) is 0 Å². The molecule has 10 heteroatoms. The van der Waals surface area contributed by atoms with Crippen molar-refractivity contribution in [2.75, 3.05) is 24.6 Å². The van der Waals surface area contributed by atoms with E-state index in [9.17, 15) is 13.2 Å². The van der Waals surface area contributed by atoms with Crippen LogP contribution in [0.1, 0.15) is 12.5 Å². The molecule has 0 aromatic heterocycles. The Labute approximate surface area is 203 Å². The maximum Gasteiger partial charge on any atom is 0.264 e. The summed E-state index contributed by atoms with van der Waals surface area (Å²) in [5.41, 5.74) is 3.30. The highest BCUT2D eigenvalue weighted by Crippen LogP contribution is 2.32. The van der Waals surface area contributed by atoms with E-state index in [1.807, 2.05) is 0 Å². The van der Waals surface area contributed by atoms with Crippen LogP contribution in [0.5, 0.6) is 11.5 Å². The number of amides is 1. The molecular weight excluding hydrogens is 478 g/mol. The summed E-state index contributed by atoms with van der Waals surface area (Å²) < 4.78 is 38.7. The molecule has 1 N–H and O–H groups in total. The molecule has 0 spiro atoms. The van der Waals surface area contributed by atoms with Gasteiger partial charge < -0.3 is 9.47 Å². The summed E-state index contributed by atoms with van der Waals surface area (Å²) in [5, 5.41) is 4.33. The van der Waals surface area contributed by atoms with Crippen molar-refractivity contribution in [3.8, 4) is 11.5 Å². The predicted molar refractivity (Wildman–Crippen MR) is 132 cm³/mol. The molecule has 178 valence electrons. The number of para-hydroxylation sites is 2. The van der Waals surface area contributed by atoms with Crippen molar-refractivity contribution in [1.82, 2.24) is 5.43 Å². The number of ether oxygens (including phenoxy) is 2. The molecule has 0 aliphatic rings. The quantitative estimate of drug-likeness (QED) is 0.333. The number of hydrogen-bond donors (Lipinski definition) is 1. The Morgan fingerprint density at radius 2 is 1.82 bits per heavy atom. The van der Waals surface area contributed by atoms with E-state index in [0.29, 0.717) is 28.7 Å². The molecule has 0 heterocycles. The van der Waals surface area contributed by atoms with Gasteiger partial charge in [-0.15, -0.1) is 0 Å². The zero-order valence-electron chi connectivity index (χ0n) is 18.6. The van der Waals surface area contributed by atoms with Crippen molar-refractivity contribution in [3.05, 3.63) is 83.4 Å². The Hall–Kier alpha value is -3.56. The fourth-order valence-corrected chi connectivity index (χ4v) is 4.60. The molecule has 0 saturated heterocycles. The molecule has 0 fully saturated rings. The summed E-state index contributed by atoms with van der Waals surface area (Å²) >= 11 is 5.92. The number of nitrogens with zero attached hydrogens (tertiary/aromatic N) is 2. The molecule has 8 nitrogen and oxygen atoms in total. The summed E-state index contributed by atoms with van der Waals surface area (Å²) in [4.78, 5) is 12.7. The fraction of sp³-hybridized carbons (Fsp3) is 0.167.